The third-order valence-corrected chi connectivity index (χ3v) is 1.69. The minimum Gasteiger partial charge on any atom is -0.409 e. The Bertz CT molecular complexity index is 199. The largest absolute Gasteiger partial charge is 0.409 e. The molecule has 0 aromatic heterocycles. The van der Waals surface area contributed by atoms with Gasteiger partial charge in [-0.25, -0.2) is 8.78 Å². The molecule has 84 valence electrons. The van der Waals surface area contributed by atoms with Gasteiger partial charge in [0, 0.05) is 12.5 Å². The topological polar surface area (TPSA) is 90.9 Å². The van der Waals surface area contributed by atoms with Crippen molar-refractivity contribution in [2.45, 2.75) is 12.8 Å². The summed E-state index contributed by atoms with van der Waals surface area (Å²) in [5.41, 5.74) is 5.22. The highest BCUT2D eigenvalue weighted by atomic mass is 19.3. The molecule has 1 atom stereocenters. The van der Waals surface area contributed by atoms with Crippen molar-refractivity contribution in [2.75, 3.05) is 19.7 Å². The van der Waals surface area contributed by atoms with Gasteiger partial charge in [0.2, 0.25) is 0 Å². The second kappa shape index (κ2) is 5.71. The molecule has 0 saturated heterocycles. The number of amidine groups is 1. The van der Waals surface area contributed by atoms with Gasteiger partial charge in [0.15, 0.2) is 0 Å². The van der Waals surface area contributed by atoms with Crippen LogP contribution in [0.25, 0.3) is 0 Å². The highest BCUT2D eigenvalue weighted by Crippen LogP contribution is 2.09. The lowest BCUT2D eigenvalue weighted by atomic mass is 10.1. The first-order valence-electron chi connectivity index (χ1n) is 4.09. The number of nitrogens with two attached hydrogens (primary N) is 1. The van der Waals surface area contributed by atoms with Crippen LogP contribution in [0.15, 0.2) is 5.16 Å². The van der Waals surface area contributed by atoms with Gasteiger partial charge in [0.05, 0.1) is 6.54 Å². The predicted molar refractivity (Wildman–Crippen MR) is 47.5 cm³/mol. The van der Waals surface area contributed by atoms with Gasteiger partial charge in [-0.05, 0) is 0 Å². The van der Waals surface area contributed by atoms with Crippen LogP contribution in [-0.2, 0) is 0 Å². The molecule has 1 unspecified atom stereocenters. The average Bonchev–Trinajstić information content (AvgIpc) is 2.16. The molecule has 0 radical (unpaired) electrons. The number of oxime groups is 1. The second-order valence-corrected chi connectivity index (χ2v) is 3.07. The summed E-state index contributed by atoms with van der Waals surface area (Å²) in [6.07, 6.45) is 0. The zero-order chi connectivity index (χ0) is 11.2. The van der Waals surface area contributed by atoms with Crippen LogP contribution < -0.4 is 11.1 Å². The van der Waals surface area contributed by atoms with Gasteiger partial charge >= 0.3 is 0 Å². The minimum absolute atomic E-state index is 0.0233. The molecule has 0 aromatic carbocycles. The number of aliphatic hydroxyl groups is 1. The number of nitrogens with one attached hydrogen (secondary N) is 1. The first-order valence-corrected chi connectivity index (χ1v) is 4.09. The minimum atomic E-state index is -3.13. The summed E-state index contributed by atoms with van der Waals surface area (Å²) in [6.45, 7) is -0.0465. The van der Waals surface area contributed by atoms with Gasteiger partial charge in [-0.15, -0.1) is 0 Å². The number of hydrogen-bond acceptors (Lipinski definition) is 4. The molecule has 0 spiro atoms. The van der Waals surface area contributed by atoms with Crippen LogP contribution in [0, 0.1) is 5.92 Å². The fourth-order valence-corrected chi connectivity index (χ4v) is 0.731. The Morgan fingerprint density at radius 1 is 1.64 bits per heavy atom. The summed E-state index contributed by atoms with van der Waals surface area (Å²) in [4.78, 5) is 0. The Kier molecular flexibility index (Phi) is 5.32. The molecule has 0 aliphatic carbocycles. The Morgan fingerprint density at radius 3 is 2.64 bits per heavy atom. The molecule has 0 bridgehead atoms. The third kappa shape index (κ3) is 4.93. The van der Waals surface area contributed by atoms with Crippen molar-refractivity contribution in [3.63, 3.8) is 0 Å². The maximum Gasteiger partial charge on any atom is 0.282 e. The molecule has 0 aliphatic heterocycles. The van der Waals surface area contributed by atoms with Crippen LogP contribution in [0.1, 0.15) is 6.92 Å². The number of alkyl halides is 2. The standard InChI is InChI=1S/C7H15F2N3O2/c1-5(6(10)12-14)2-11-3-7(8,9)4-13/h5,11,13-14H,2-4H2,1H3,(H2,10,12). The van der Waals surface area contributed by atoms with Crippen molar-refractivity contribution in [3.05, 3.63) is 0 Å². The average molecular weight is 211 g/mol. The van der Waals surface area contributed by atoms with Crippen LogP contribution in [-0.4, -0.2) is 41.8 Å². The van der Waals surface area contributed by atoms with E-state index in [1.165, 1.54) is 0 Å². The predicted octanol–water partition coefficient (Wildman–Crippen LogP) is -0.414. The summed E-state index contributed by atoms with van der Waals surface area (Å²) in [7, 11) is 0. The van der Waals surface area contributed by atoms with E-state index in [2.05, 4.69) is 10.5 Å². The van der Waals surface area contributed by atoms with Gasteiger partial charge in [-0.2, -0.15) is 0 Å². The highest BCUT2D eigenvalue weighted by Gasteiger charge is 2.27. The molecule has 14 heavy (non-hydrogen) atoms. The van der Waals surface area contributed by atoms with Crippen LogP contribution in [0.4, 0.5) is 8.78 Å². The van der Waals surface area contributed by atoms with Gasteiger partial charge in [-0.3, -0.25) is 0 Å². The van der Waals surface area contributed by atoms with Crippen LogP contribution in [0.3, 0.4) is 0 Å². The Morgan fingerprint density at radius 2 is 2.21 bits per heavy atom. The highest BCUT2D eigenvalue weighted by molar-refractivity contribution is 5.82. The lowest BCUT2D eigenvalue weighted by Gasteiger charge is -2.16. The van der Waals surface area contributed by atoms with E-state index in [-0.39, 0.29) is 18.3 Å². The maximum atomic E-state index is 12.5. The zero-order valence-electron chi connectivity index (χ0n) is 7.87. The summed E-state index contributed by atoms with van der Waals surface area (Å²) in [6, 6.07) is 0. The van der Waals surface area contributed by atoms with E-state index in [4.69, 9.17) is 16.0 Å². The third-order valence-electron chi connectivity index (χ3n) is 1.69. The van der Waals surface area contributed by atoms with E-state index in [1.807, 2.05) is 0 Å². The van der Waals surface area contributed by atoms with Crippen molar-refractivity contribution in [1.29, 1.82) is 0 Å². The van der Waals surface area contributed by atoms with Crippen molar-refractivity contribution >= 4 is 5.84 Å². The summed E-state index contributed by atoms with van der Waals surface area (Å²) < 4.78 is 24.9. The molecular weight excluding hydrogens is 196 g/mol. The molecule has 5 N–H and O–H groups in total. The normalized spacial score (nSPS) is 15.6. The Balaban J connectivity index is 3.75. The maximum absolute atomic E-state index is 12.5. The quantitative estimate of drug-likeness (QED) is 0.208. The fourth-order valence-electron chi connectivity index (χ4n) is 0.731. The first-order chi connectivity index (χ1) is 6.43. The molecule has 0 fully saturated rings. The van der Waals surface area contributed by atoms with Gasteiger partial charge in [0.1, 0.15) is 12.4 Å². The second-order valence-electron chi connectivity index (χ2n) is 3.07. The number of nitrogens with zero attached hydrogens (tertiary/aromatic N) is 1. The smallest absolute Gasteiger partial charge is 0.282 e. The number of halogens is 2. The van der Waals surface area contributed by atoms with Crippen LogP contribution in [0.5, 0.6) is 0 Å². The fraction of sp³-hybridized carbons (Fsp3) is 0.857. The van der Waals surface area contributed by atoms with E-state index < -0.39 is 19.1 Å². The van der Waals surface area contributed by atoms with E-state index in [0.717, 1.165) is 0 Å². The number of rotatable bonds is 6. The van der Waals surface area contributed by atoms with Gasteiger partial charge in [0.25, 0.3) is 5.92 Å². The molecule has 0 aromatic rings. The molecule has 0 rings (SSSR count). The summed E-state index contributed by atoms with van der Waals surface area (Å²) in [5.74, 6) is -3.50. The van der Waals surface area contributed by atoms with E-state index in [0.29, 0.717) is 0 Å². The van der Waals surface area contributed by atoms with Gasteiger partial charge in [-0.1, -0.05) is 12.1 Å². The SMILES string of the molecule is CC(CNCC(F)(F)CO)C(N)=NO. The lowest BCUT2D eigenvalue weighted by Crippen LogP contribution is -2.40. The van der Waals surface area contributed by atoms with Crippen molar-refractivity contribution in [1.82, 2.24) is 5.32 Å². The van der Waals surface area contributed by atoms with E-state index in [9.17, 15) is 8.78 Å². The Labute approximate surface area is 80.6 Å². The number of aliphatic hydroxyl groups excluding tert-OH is 1. The van der Waals surface area contributed by atoms with Crippen molar-refractivity contribution in [2.24, 2.45) is 16.8 Å². The van der Waals surface area contributed by atoms with Crippen LogP contribution >= 0.6 is 0 Å². The Hall–Kier alpha value is -0.950. The van der Waals surface area contributed by atoms with E-state index >= 15 is 0 Å². The van der Waals surface area contributed by atoms with Crippen LogP contribution in [0.2, 0.25) is 0 Å². The first kappa shape index (κ1) is 13.1. The van der Waals surface area contributed by atoms with E-state index in [1.54, 1.807) is 6.92 Å². The van der Waals surface area contributed by atoms with Crippen molar-refractivity contribution in [3.8, 4) is 0 Å². The molecule has 7 heteroatoms. The molecular formula is C7H15F2N3O2. The molecule has 0 aliphatic rings. The molecule has 0 amide bonds. The lowest BCUT2D eigenvalue weighted by molar-refractivity contribution is -0.0476. The summed E-state index contributed by atoms with van der Waals surface area (Å²) in [5, 5.41) is 21.6. The van der Waals surface area contributed by atoms with Gasteiger partial charge < -0.3 is 21.4 Å². The number of hydrogen-bond donors (Lipinski definition) is 4. The summed E-state index contributed by atoms with van der Waals surface area (Å²) >= 11 is 0. The molecule has 0 saturated carbocycles. The molecule has 5 nitrogen and oxygen atoms in total. The monoisotopic (exact) mass is 211 g/mol. The zero-order valence-corrected chi connectivity index (χ0v) is 7.87. The van der Waals surface area contributed by atoms with Crippen molar-refractivity contribution < 1.29 is 19.1 Å². The molecule has 0 heterocycles.